The Morgan fingerprint density at radius 3 is 2.80 bits per heavy atom. The molecule has 15 heavy (non-hydrogen) atoms. The summed E-state index contributed by atoms with van der Waals surface area (Å²) in [5, 5.41) is 14.3. The summed E-state index contributed by atoms with van der Waals surface area (Å²) in [5.41, 5.74) is 6.79. The van der Waals surface area contributed by atoms with Crippen LogP contribution in [0.2, 0.25) is 0 Å². The minimum Gasteiger partial charge on any atom is -0.398 e. The molecule has 1 rings (SSSR count). The summed E-state index contributed by atoms with van der Waals surface area (Å²) in [4.78, 5) is 1.19. The first-order chi connectivity index (χ1) is 7.05. The van der Waals surface area contributed by atoms with Gasteiger partial charge in [0.1, 0.15) is 0 Å². The average molecular weight is 228 g/mol. The molecule has 0 fully saturated rings. The van der Waals surface area contributed by atoms with E-state index in [-0.39, 0.29) is 12.0 Å². The van der Waals surface area contributed by atoms with E-state index in [2.05, 4.69) is 19.2 Å². The lowest BCUT2D eigenvalue weighted by Gasteiger charge is -2.23. The van der Waals surface area contributed by atoms with Crippen molar-refractivity contribution < 1.29 is 5.11 Å². The molecule has 1 aromatic heterocycles. The van der Waals surface area contributed by atoms with Crippen molar-refractivity contribution in [2.24, 2.45) is 5.41 Å². The Hall–Kier alpha value is -0.580. The second-order valence-corrected chi connectivity index (χ2v) is 5.54. The zero-order valence-electron chi connectivity index (χ0n) is 9.42. The molecule has 0 aliphatic rings. The Labute approximate surface area is 95.3 Å². The molecule has 0 radical (unpaired) electrons. The third-order valence-electron chi connectivity index (χ3n) is 2.46. The molecular formula is C11H20N2OS. The van der Waals surface area contributed by atoms with Crippen molar-refractivity contribution in [3.8, 4) is 0 Å². The lowest BCUT2D eigenvalue weighted by molar-refractivity contribution is 0.207. The Morgan fingerprint density at radius 1 is 1.53 bits per heavy atom. The maximum atomic E-state index is 8.88. The highest BCUT2D eigenvalue weighted by Gasteiger charge is 2.16. The number of nitrogens with two attached hydrogens (primary N) is 1. The first kappa shape index (κ1) is 12.5. The van der Waals surface area contributed by atoms with Gasteiger partial charge in [0.25, 0.3) is 0 Å². The number of anilines is 1. The van der Waals surface area contributed by atoms with Crippen molar-refractivity contribution in [2.45, 2.75) is 26.8 Å². The maximum Gasteiger partial charge on any atom is 0.0468 e. The van der Waals surface area contributed by atoms with Crippen LogP contribution in [-0.2, 0) is 6.54 Å². The molecule has 0 amide bonds. The van der Waals surface area contributed by atoms with Crippen molar-refractivity contribution in [1.82, 2.24) is 5.32 Å². The number of nitrogens with one attached hydrogen (secondary N) is 1. The third-order valence-corrected chi connectivity index (χ3v) is 3.39. The van der Waals surface area contributed by atoms with Crippen LogP contribution in [0.4, 0.5) is 5.69 Å². The van der Waals surface area contributed by atoms with Gasteiger partial charge in [0, 0.05) is 30.3 Å². The Morgan fingerprint density at radius 2 is 2.27 bits per heavy atom. The maximum absolute atomic E-state index is 8.88. The van der Waals surface area contributed by atoms with Crippen LogP contribution < -0.4 is 11.1 Å². The van der Waals surface area contributed by atoms with Gasteiger partial charge in [-0.1, -0.05) is 13.8 Å². The highest BCUT2D eigenvalue weighted by molar-refractivity contribution is 7.10. The van der Waals surface area contributed by atoms with Crippen molar-refractivity contribution in [1.29, 1.82) is 0 Å². The van der Waals surface area contributed by atoms with Gasteiger partial charge in [0.05, 0.1) is 0 Å². The number of rotatable bonds is 6. The number of hydrogen-bond donors (Lipinski definition) is 3. The molecule has 1 aromatic rings. The fourth-order valence-electron chi connectivity index (χ4n) is 1.40. The summed E-state index contributed by atoms with van der Waals surface area (Å²) in [6, 6.07) is 1.93. The van der Waals surface area contributed by atoms with Gasteiger partial charge in [-0.25, -0.2) is 0 Å². The standard InChI is InChI=1S/C11H20N2OS/c1-11(2,4-5-14)8-13-7-10-9(12)3-6-15-10/h3,6,13-14H,4-5,7-8,12H2,1-2H3. The summed E-state index contributed by atoms with van der Waals surface area (Å²) >= 11 is 1.68. The van der Waals surface area contributed by atoms with Gasteiger partial charge in [-0.15, -0.1) is 11.3 Å². The van der Waals surface area contributed by atoms with E-state index in [0.29, 0.717) is 0 Å². The molecule has 0 bridgehead atoms. The molecule has 1 heterocycles. The predicted molar refractivity (Wildman–Crippen MR) is 65.9 cm³/mol. The van der Waals surface area contributed by atoms with E-state index in [0.717, 1.165) is 25.2 Å². The lowest BCUT2D eigenvalue weighted by Crippen LogP contribution is -2.29. The highest BCUT2D eigenvalue weighted by atomic mass is 32.1. The first-order valence-corrected chi connectivity index (χ1v) is 6.06. The van der Waals surface area contributed by atoms with E-state index in [1.165, 1.54) is 4.88 Å². The van der Waals surface area contributed by atoms with Gasteiger partial charge in [-0.05, 0) is 23.3 Å². The predicted octanol–water partition coefficient (Wildman–Crippen LogP) is 1.83. The highest BCUT2D eigenvalue weighted by Crippen LogP contribution is 2.21. The van der Waals surface area contributed by atoms with E-state index < -0.39 is 0 Å². The normalized spacial score (nSPS) is 11.9. The summed E-state index contributed by atoms with van der Waals surface area (Å²) < 4.78 is 0. The van der Waals surface area contributed by atoms with Crippen LogP contribution in [0.15, 0.2) is 11.4 Å². The molecule has 0 aromatic carbocycles. The number of aliphatic hydroxyl groups excluding tert-OH is 1. The summed E-state index contributed by atoms with van der Waals surface area (Å²) in [6.07, 6.45) is 0.819. The summed E-state index contributed by atoms with van der Waals surface area (Å²) in [5.74, 6) is 0. The fourth-order valence-corrected chi connectivity index (χ4v) is 2.17. The second kappa shape index (κ2) is 5.49. The molecule has 4 heteroatoms. The van der Waals surface area contributed by atoms with E-state index >= 15 is 0 Å². The van der Waals surface area contributed by atoms with Crippen molar-refractivity contribution in [3.05, 3.63) is 16.3 Å². The van der Waals surface area contributed by atoms with Gasteiger partial charge in [0.15, 0.2) is 0 Å². The van der Waals surface area contributed by atoms with Gasteiger partial charge in [0.2, 0.25) is 0 Å². The SMILES string of the molecule is CC(C)(CCO)CNCc1sccc1N. The van der Waals surface area contributed by atoms with Crippen LogP contribution in [0.25, 0.3) is 0 Å². The van der Waals surface area contributed by atoms with Crippen LogP contribution in [-0.4, -0.2) is 18.3 Å². The van der Waals surface area contributed by atoms with Crippen LogP contribution in [0, 0.1) is 5.41 Å². The zero-order valence-corrected chi connectivity index (χ0v) is 10.2. The smallest absolute Gasteiger partial charge is 0.0468 e. The van der Waals surface area contributed by atoms with Crippen molar-refractivity contribution in [2.75, 3.05) is 18.9 Å². The molecule has 0 aliphatic heterocycles. The van der Waals surface area contributed by atoms with E-state index in [9.17, 15) is 0 Å². The quantitative estimate of drug-likeness (QED) is 0.696. The molecule has 0 unspecified atom stereocenters. The van der Waals surface area contributed by atoms with Crippen molar-refractivity contribution in [3.63, 3.8) is 0 Å². The zero-order chi connectivity index (χ0) is 11.3. The number of aliphatic hydroxyl groups is 1. The average Bonchev–Trinajstić information content (AvgIpc) is 2.51. The third kappa shape index (κ3) is 4.20. The Bertz CT molecular complexity index is 297. The molecular weight excluding hydrogens is 208 g/mol. The Balaban J connectivity index is 2.30. The largest absolute Gasteiger partial charge is 0.398 e. The molecule has 0 spiro atoms. The molecule has 0 aliphatic carbocycles. The van der Waals surface area contributed by atoms with Crippen LogP contribution >= 0.6 is 11.3 Å². The monoisotopic (exact) mass is 228 g/mol. The van der Waals surface area contributed by atoms with Gasteiger partial charge in [-0.3, -0.25) is 0 Å². The van der Waals surface area contributed by atoms with E-state index in [1.807, 2.05) is 11.4 Å². The van der Waals surface area contributed by atoms with Gasteiger partial charge >= 0.3 is 0 Å². The van der Waals surface area contributed by atoms with E-state index in [1.54, 1.807) is 11.3 Å². The number of nitrogen functional groups attached to an aromatic ring is 1. The Kier molecular flexibility index (Phi) is 4.57. The van der Waals surface area contributed by atoms with Crippen molar-refractivity contribution >= 4 is 17.0 Å². The molecule has 86 valence electrons. The topological polar surface area (TPSA) is 58.3 Å². The lowest BCUT2D eigenvalue weighted by atomic mass is 9.90. The molecule has 0 atom stereocenters. The minimum absolute atomic E-state index is 0.140. The summed E-state index contributed by atoms with van der Waals surface area (Å²) in [7, 11) is 0. The molecule has 0 saturated carbocycles. The van der Waals surface area contributed by atoms with Crippen LogP contribution in [0.5, 0.6) is 0 Å². The number of hydrogen-bond acceptors (Lipinski definition) is 4. The summed E-state index contributed by atoms with van der Waals surface area (Å²) in [6.45, 7) is 6.25. The molecule has 0 saturated heterocycles. The minimum atomic E-state index is 0.140. The van der Waals surface area contributed by atoms with E-state index in [4.69, 9.17) is 10.8 Å². The molecule has 4 N–H and O–H groups in total. The van der Waals surface area contributed by atoms with Gasteiger partial charge < -0.3 is 16.2 Å². The van der Waals surface area contributed by atoms with Crippen LogP contribution in [0.3, 0.4) is 0 Å². The van der Waals surface area contributed by atoms with Gasteiger partial charge in [-0.2, -0.15) is 0 Å². The van der Waals surface area contributed by atoms with Crippen LogP contribution in [0.1, 0.15) is 25.1 Å². The number of thiophene rings is 1. The fraction of sp³-hybridized carbons (Fsp3) is 0.636. The first-order valence-electron chi connectivity index (χ1n) is 5.18. The molecule has 3 nitrogen and oxygen atoms in total. The second-order valence-electron chi connectivity index (χ2n) is 4.54.